The molecule has 0 saturated heterocycles. The number of amides is 1. The molecule has 3 aromatic rings. The van der Waals surface area contributed by atoms with Crippen molar-refractivity contribution < 1.29 is 22.4 Å². The lowest BCUT2D eigenvalue weighted by Gasteiger charge is -2.06. The molecule has 2 aromatic carbocycles. The van der Waals surface area contributed by atoms with Gasteiger partial charge < -0.3 is 14.5 Å². The number of halogens is 1. The van der Waals surface area contributed by atoms with Gasteiger partial charge >= 0.3 is 0 Å². The Kier molecular flexibility index (Phi) is 7.35. The van der Waals surface area contributed by atoms with Crippen molar-refractivity contribution in [1.82, 2.24) is 10.3 Å². The van der Waals surface area contributed by atoms with Crippen LogP contribution >= 0.6 is 11.6 Å². The van der Waals surface area contributed by atoms with Crippen molar-refractivity contribution in [3.63, 3.8) is 0 Å². The Labute approximate surface area is 186 Å². The molecule has 0 atom stereocenters. The Balaban J connectivity index is 1.56. The lowest BCUT2D eigenvalue weighted by molar-refractivity contribution is -0.118. The fourth-order valence-electron chi connectivity index (χ4n) is 2.93. The molecule has 1 heterocycles. The van der Waals surface area contributed by atoms with Crippen molar-refractivity contribution in [2.24, 2.45) is 0 Å². The van der Waals surface area contributed by atoms with Gasteiger partial charge in [-0.2, -0.15) is 0 Å². The van der Waals surface area contributed by atoms with E-state index in [1.165, 1.54) is 0 Å². The van der Waals surface area contributed by atoms with E-state index < -0.39 is 21.5 Å². The summed E-state index contributed by atoms with van der Waals surface area (Å²) in [5.41, 5.74) is 1.99. The van der Waals surface area contributed by atoms with E-state index in [4.69, 9.17) is 20.8 Å². The predicted molar refractivity (Wildman–Crippen MR) is 119 cm³/mol. The maximum Gasteiger partial charge on any atom is 0.235 e. The minimum absolute atomic E-state index is 0.291. The van der Waals surface area contributed by atoms with E-state index in [1.54, 1.807) is 50.4 Å². The summed E-state index contributed by atoms with van der Waals surface area (Å²) in [6.45, 7) is 1.98. The molecule has 3 rings (SSSR count). The Morgan fingerprint density at radius 1 is 1.13 bits per heavy atom. The number of ether oxygens (including phenoxy) is 1. The number of carbonyl (C=O) groups excluding carboxylic acids is 1. The van der Waals surface area contributed by atoms with Crippen LogP contribution < -0.4 is 10.1 Å². The van der Waals surface area contributed by atoms with Crippen molar-refractivity contribution in [2.45, 2.75) is 19.1 Å². The average molecular weight is 463 g/mol. The number of methoxy groups -OCH3 is 1. The van der Waals surface area contributed by atoms with Crippen LogP contribution in [0.2, 0.25) is 5.02 Å². The first-order chi connectivity index (χ1) is 14.8. The third kappa shape index (κ3) is 6.57. The molecule has 7 nitrogen and oxygen atoms in total. The molecule has 0 radical (unpaired) electrons. The molecular weight excluding hydrogens is 440 g/mol. The van der Waals surface area contributed by atoms with Crippen LogP contribution in [0.25, 0.3) is 11.5 Å². The minimum Gasteiger partial charge on any atom is -0.497 e. The zero-order valence-corrected chi connectivity index (χ0v) is 18.8. The van der Waals surface area contributed by atoms with E-state index in [-0.39, 0.29) is 5.75 Å². The van der Waals surface area contributed by atoms with Gasteiger partial charge in [0.1, 0.15) is 17.3 Å². The summed E-state index contributed by atoms with van der Waals surface area (Å²) in [5, 5.41) is 3.27. The summed E-state index contributed by atoms with van der Waals surface area (Å²) in [4.78, 5) is 16.4. The topological polar surface area (TPSA) is 98.5 Å². The third-order valence-electron chi connectivity index (χ3n) is 4.59. The molecule has 1 N–H and O–H groups in total. The van der Waals surface area contributed by atoms with Gasteiger partial charge in [-0.3, -0.25) is 4.79 Å². The Bertz CT molecular complexity index is 1140. The summed E-state index contributed by atoms with van der Waals surface area (Å²) in [6.07, 6.45) is 0.580. The molecule has 0 unspecified atom stereocenters. The van der Waals surface area contributed by atoms with Crippen molar-refractivity contribution in [1.29, 1.82) is 0 Å². The second-order valence-electron chi connectivity index (χ2n) is 7.01. The Morgan fingerprint density at radius 2 is 1.81 bits per heavy atom. The third-order valence-corrected chi connectivity index (χ3v) is 6.25. The monoisotopic (exact) mass is 462 g/mol. The molecule has 0 aliphatic carbocycles. The van der Waals surface area contributed by atoms with Crippen LogP contribution in [0.1, 0.15) is 17.0 Å². The zero-order valence-electron chi connectivity index (χ0n) is 17.2. The van der Waals surface area contributed by atoms with Crippen molar-refractivity contribution >= 4 is 27.3 Å². The van der Waals surface area contributed by atoms with Crippen LogP contribution in [0.15, 0.2) is 52.9 Å². The first-order valence-electron chi connectivity index (χ1n) is 9.58. The van der Waals surface area contributed by atoms with Crippen molar-refractivity contribution in [3.8, 4) is 17.2 Å². The standard InChI is InChI=1S/C22H23ClN2O5S/c1-15-20(25-22(30-15)17-5-9-19(29-2)10-6-17)13-31(27,28)14-21(26)24-12-11-16-3-7-18(23)8-4-16/h3-10H,11-14H2,1-2H3,(H,24,26). The molecule has 164 valence electrons. The number of sulfone groups is 1. The van der Waals surface area contributed by atoms with Gasteiger partial charge in [-0.15, -0.1) is 0 Å². The number of rotatable bonds is 9. The number of aromatic nitrogens is 1. The molecular formula is C22H23ClN2O5S. The van der Waals surface area contributed by atoms with Crippen molar-refractivity contribution in [2.75, 3.05) is 19.4 Å². The summed E-state index contributed by atoms with van der Waals surface area (Å²) in [5.74, 6) is -0.126. The fraction of sp³-hybridized carbons (Fsp3) is 0.273. The van der Waals surface area contributed by atoms with Crippen LogP contribution in [0, 0.1) is 6.92 Å². The largest absolute Gasteiger partial charge is 0.497 e. The van der Waals surface area contributed by atoms with Gasteiger partial charge in [0.15, 0.2) is 9.84 Å². The molecule has 0 aliphatic heterocycles. The number of aryl methyl sites for hydroxylation is 1. The summed E-state index contributed by atoms with van der Waals surface area (Å²) >= 11 is 5.84. The van der Waals surface area contributed by atoms with Gasteiger partial charge in [0, 0.05) is 17.1 Å². The molecule has 1 aromatic heterocycles. The maximum atomic E-state index is 12.5. The molecule has 0 aliphatic rings. The SMILES string of the molecule is COc1ccc(-c2nc(CS(=O)(=O)CC(=O)NCCc3ccc(Cl)cc3)c(C)o2)cc1. The highest BCUT2D eigenvalue weighted by molar-refractivity contribution is 7.91. The number of hydrogen-bond acceptors (Lipinski definition) is 6. The minimum atomic E-state index is -3.71. The van der Waals surface area contributed by atoms with E-state index in [9.17, 15) is 13.2 Å². The number of hydrogen-bond donors (Lipinski definition) is 1. The van der Waals surface area contributed by atoms with E-state index in [1.807, 2.05) is 12.1 Å². The van der Waals surface area contributed by atoms with Gasteiger partial charge in [-0.1, -0.05) is 23.7 Å². The molecule has 31 heavy (non-hydrogen) atoms. The maximum absolute atomic E-state index is 12.5. The predicted octanol–water partition coefficient (Wildman–Crippen LogP) is 3.59. The van der Waals surface area contributed by atoms with E-state index >= 15 is 0 Å². The molecule has 0 bridgehead atoms. The summed E-state index contributed by atoms with van der Waals surface area (Å²) in [6, 6.07) is 14.3. The molecule has 1 amide bonds. The lowest BCUT2D eigenvalue weighted by atomic mass is 10.1. The second kappa shape index (κ2) is 9.98. The average Bonchev–Trinajstić information content (AvgIpc) is 3.08. The van der Waals surface area contributed by atoms with Crippen LogP contribution in [-0.4, -0.2) is 38.7 Å². The number of oxazole rings is 1. The Hall–Kier alpha value is -2.84. The molecule has 9 heteroatoms. The quantitative estimate of drug-likeness (QED) is 0.521. The number of benzene rings is 2. The highest BCUT2D eigenvalue weighted by Crippen LogP contribution is 2.25. The second-order valence-corrected chi connectivity index (χ2v) is 9.51. The zero-order chi connectivity index (χ0) is 22.4. The van der Waals surface area contributed by atoms with Gasteiger partial charge in [-0.25, -0.2) is 13.4 Å². The van der Waals surface area contributed by atoms with E-state index in [2.05, 4.69) is 10.3 Å². The molecule has 0 spiro atoms. The first kappa shape index (κ1) is 22.8. The van der Waals surface area contributed by atoms with Crippen LogP contribution in [0.5, 0.6) is 5.75 Å². The summed E-state index contributed by atoms with van der Waals surface area (Å²) < 4.78 is 35.7. The normalized spacial score (nSPS) is 11.3. The highest BCUT2D eigenvalue weighted by Gasteiger charge is 2.22. The van der Waals surface area contributed by atoms with Gasteiger partial charge in [0.05, 0.1) is 18.6 Å². The van der Waals surface area contributed by atoms with Gasteiger partial charge in [0.25, 0.3) is 0 Å². The Morgan fingerprint density at radius 3 is 2.45 bits per heavy atom. The first-order valence-corrected chi connectivity index (χ1v) is 11.8. The number of nitrogens with one attached hydrogen (secondary N) is 1. The van der Waals surface area contributed by atoms with Crippen molar-refractivity contribution in [3.05, 3.63) is 70.6 Å². The van der Waals surface area contributed by atoms with Crippen LogP contribution in [0.3, 0.4) is 0 Å². The molecule has 0 fully saturated rings. The van der Waals surface area contributed by atoms with Gasteiger partial charge in [-0.05, 0) is 55.3 Å². The number of nitrogens with zero attached hydrogens (tertiary/aromatic N) is 1. The van der Waals surface area contributed by atoms with E-state index in [0.717, 1.165) is 5.56 Å². The summed E-state index contributed by atoms with van der Waals surface area (Å²) in [7, 11) is -2.14. The van der Waals surface area contributed by atoms with E-state index in [0.29, 0.717) is 46.6 Å². The van der Waals surface area contributed by atoms with Gasteiger partial charge in [0.2, 0.25) is 11.8 Å². The van der Waals surface area contributed by atoms with Crippen LogP contribution in [-0.2, 0) is 26.8 Å². The number of carbonyl (C=O) groups is 1. The lowest BCUT2D eigenvalue weighted by Crippen LogP contribution is -2.32. The smallest absolute Gasteiger partial charge is 0.235 e. The molecule has 0 saturated carbocycles. The van der Waals surface area contributed by atoms with Crippen LogP contribution in [0.4, 0.5) is 0 Å². The fourth-order valence-corrected chi connectivity index (χ4v) is 4.34. The highest BCUT2D eigenvalue weighted by atomic mass is 35.5.